The summed E-state index contributed by atoms with van der Waals surface area (Å²) in [7, 11) is 0. The van der Waals surface area contributed by atoms with Gasteiger partial charge in [0.15, 0.2) is 0 Å². The van der Waals surface area contributed by atoms with Gasteiger partial charge < -0.3 is 10.6 Å². The molecule has 0 saturated carbocycles. The van der Waals surface area contributed by atoms with E-state index in [1.54, 1.807) is 4.68 Å². The summed E-state index contributed by atoms with van der Waals surface area (Å²) < 4.78 is 1.73. The second-order valence-electron chi connectivity index (χ2n) is 5.92. The molecule has 128 valence electrons. The van der Waals surface area contributed by atoms with Crippen LogP contribution in [0.25, 0.3) is 5.95 Å². The number of carbonyl (C=O) groups excluding carboxylic acids is 1. The highest BCUT2D eigenvalue weighted by molar-refractivity contribution is 5.88. The number of nitrogens with one attached hydrogen (secondary N) is 2. The molecule has 0 radical (unpaired) electrons. The van der Waals surface area contributed by atoms with Crippen LogP contribution in [-0.4, -0.2) is 25.7 Å². The maximum atomic E-state index is 11.1. The van der Waals surface area contributed by atoms with E-state index in [0.717, 1.165) is 28.5 Å². The van der Waals surface area contributed by atoms with E-state index in [9.17, 15) is 4.79 Å². The molecule has 1 amide bonds. The molecule has 7 heteroatoms. The van der Waals surface area contributed by atoms with E-state index in [0.29, 0.717) is 11.8 Å². The van der Waals surface area contributed by atoms with Gasteiger partial charge in [-0.1, -0.05) is 0 Å². The molecule has 0 aliphatic rings. The molecule has 2 heterocycles. The highest BCUT2D eigenvalue weighted by atomic mass is 16.1. The van der Waals surface area contributed by atoms with Gasteiger partial charge in [-0.3, -0.25) is 4.79 Å². The minimum atomic E-state index is -0.0957. The van der Waals surface area contributed by atoms with Gasteiger partial charge in [0.2, 0.25) is 5.91 Å². The summed E-state index contributed by atoms with van der Waals surface area (Å²) in [6, 6.07) is 11.3. The molecule has 0 fully saturated rings. The lowest BCUT2D eigenvalue weighted by Gasteiger charge is -2.10. The molecule has 7 nitrogen and oxygen atoms in total. The van der Waals surface area contributed by atoms with Crippen LogP contribution in [0.15, 0.2) is 36.4 Å². The van der Waals surface area contributed by atoms with E-state index in [4.69, 9.17) is 0 Å². The van der Waals surface area contributed by atoms with Crippen molar-refractivity contribution in [1.82, 2.24) is 19.7 Å². The van der Waals surface area contributed by atoms with E-state index in [1.807, 2.05) is 57.2 Å². The largest absolute Gasteiger partial charge is 0.340 e. The normalized spacial score (nSPS) is 10.6. The van der Waals surface area contributed by atoms with E-state index in [1.165, 1.54) is 6.92 Å². The van der Waals surface area contributed by atoms with Gasteiger partial charge in [-0.2, -0.15) is 10.1 Å². The highest BCUT2D eigenvalue weighted by Gasteiger charge is 2.09. The summed E-state index contributed by atoms with van der Waals surface area (Å²) in [5.74, 6) is 1.12. The third-order valence-corrected chi connectivity index (χ3v) is 3.52. The second kappa shape index (κ2) is 6.72. The monoisotopic (exact) mass is 336 g/mol. The number of aryl methyl sites for hydroxylation is 3. The topological polar surface area (TPSA) is 84.7 Å². The molecule has 0 aliphatic heterocycles. The molecule has 0 unspecified atom stereocenters. The van der Waals surface area contributed by atoms with Crippen LogP contribution in [0.5, 0.6) is 0 Å². The minimum absolute atomic E-state index is 0.0957. The minimum Gasteiger partial charge on any atom is -0.340 e. The van der Waals surface area contributed by atoms with Gasteiger partial charge in [0.1, 0.15) is 5.82 Å². The molecular weight excluding hydrogens is 316 g/mol. The van der Waals surface area contributed by atoms with E-state index < -0.39 is 0 Å². The van der Waals surface area contributed by atoms with Crippen molar-refractivity contribution in [3.63, 3.8) is 0 Å². The van der Waals surface area contributed by atoms with Crippen molar-refractivity contribution in [3.8, 4) is 5.95 Å². The molecule has 2 N–H and O–H groups in total. The lowest BCUT2D eigenvalue weighted by atomic mass is 10.2. The first-order valence-corrected chi connectivity index (χ1v) is 7.95. The molecule has 3 rings (SSSR count). The second-order valence-corrected chi connectivity index (χ2v) is 5.92. The number of benzene rings is 1. The quantitative estimate of drug-likeness (QED) is 0.764. The van der Waals surface area contributed by atoms with Gasteiger partial charge >= 0.3 is 0 Å². The number of hydrogen-bond donors (Lipinski definition) is 2. The molecule has 3 aromatic rings. The predicted octanol–water partition coefficient (Wildman–Crippen LogP) is 3.29. The van der Waals surface area contributed by atoms with E-state index in [2.05, 4.69) is 25.7 Å². The average Bonchev–Trinajstić information content (AvgIpc) is 2.87. The van der Waals surface area contributed by atoms with Crippen LogP contribution in [0.2, 0.25) is 0 Å². The standard InChI is InChI=1S/C18H20N6O/c1-11-10-17(21-16-7-5-15(6-8-16)20-14(4)25)22-18(19-11)24-13(3)9-12(2)23-24/h5-10H,1-4H3,(H,20,25)(H,19,21,22). The average molecular weight is 336 g/mol. The van der Waals surface area contributed by atoms with Crippen LogP contribution in [0, 0.1) is 20.8 Å². The van der Waals surface area contributed by atoms with Gasteiger partial charge in [-0.15, -0.1) is 0 Å². The molecule has 25 heavy (non-hydrogen) atoms. The van der Waals surface area contributed by atoms with Gasteiger partial charge in [-0.05, 0) is 51.1 Å². The third kappa shape index (κ3) is 4.00. The first-order chi connectivity index (χ1) is 11.9. The Balaban J connectivity index is 1.85. The summed E-state index contributed by atoms with van der Waals surface area (Å²) in [5.41, 5.74) is 4.36. The molecule has 0 saturated heterocycles. The van der Waals surface area contributed by atoms with Crippen molar-refractivity contribution in [2.45, 2.75) is 27.7 Å². The SMILES string of the molecule is CC(=O)Nc1ccc(Nc2cc(C)nc(-n3nc(C)cc3C)n2)cc1. The fourth-order valence-electron chi connectivity index (χ4n) is 2.53. The van der Waals surface area contributed by atoms with Crippen LogP contribution < -0.4 is 10.6 Å². The number of rotatable bonds is 4. The smallest absolute Gasteiger partial charge is 0.252 e. The van der Waals surface area contributed by atoms with Gasteiger partial charge in [0, 0.05) is 35.8 Å². The lowest BCUT2D eigenvalue weighted by Crippen LogP contribution is -2.08. The summed E-state index contributed by atoms with van der Waals surface area (Å²) in [5, 5.41) is 10.4. The van der Waals surface area contributed by atoms with Crippen molar-refractivity contribution < 1.29 is 4.79 Å². The summed E-state index contributed by atoms with van der Waals surface area (Å²) in [6.45, 7) is 7.31. The first-order valence-electron chi connectivity index (χ1n) is 7.95. The van der Waals surface area contributed by atoms with Crippen LogP contribution >= 0.6 is 0 Å². The molecule has 0 spiro atoms. The summed E-state index contributed by atoms with van der Waals surface area (Å²) >= 11 is 0. The Morgan fingerprint density at radius 3 is 2.24 bits per heavy atom. The van der Waals surface area contributed by atoms with Crippen molar-refractivity contribution in [2.75, 3.05) is 10.6 Å². The number of hydrogen-bond acceptors (Lipinski definition) is 5. The zero-order chi connectivity index (χ0) is 18.0. The van der Waals surface area contributed by atoms with E-state index in [-0.39, 0.29) is 5.91 Å². The molecule has 0 bridgehead atoms. The Labute approximate surface area is 146 Å². The third-order valence-electron chi connectivity index (χ3n) is 3.52. The Bertz CT molecular complexity index is 914. The number of amides is 1. The maximum absolute atomic E-state index is 11.1. The van der Waals surface area contributed by atoms with Crippen molar-refractivity contribution in [2.24, 2.45) is 0 Å². The fourth-order valence-corrected chi connectivity index (χ4v) is 2.53. The molecule has 1 aromatic carbocycles. The van der Waals surface area contributed by atoms with Crippen molar-refractivity contribution in [3.05, 3.63) is 53.5 Å². The molecule has 0 atom stereocenters. The molecular formula is C18H20N6O. The maximum Gasteiger partial charge on any atom is 0.252 e. The highest BCUT2D eigenvalue weighted by Crippen LogP contribution is 2.19. The lowest BCUT2D eigenvalue weighted by molar-refractivity contribution is -0.114. The zero-order valence-electron chi connectivity index (χ0n) is 14.7. The van der Waals surface area contributed by atoms with Crippen LogP contribution in [0.1, 0.15) is 24.0 Å². The number of nitrogens with zero attached hydrogens (tertiary/aromatic N) is 4. The Kier molecular flexibility index (Phi) is 4.47. The van der Waals surface area contributed by atoms with Crippen LogP contribution in [0.4, 0.5) is 17.2 Å². The van der Waals surface area contributed by atoms with Gasteiger partial charge in [-0.25, -0.2) is 9.67 Å². The molecule has 0 aliphatic carbocycles. The zero-order valence-corrected chi connectivity index (χ0v) is 14.7. The Hall–Kier alpha value is -3.22. The Morgan fingerprint density at radius 1 is 0.960 bits per heavy atom. The van der Waals surface area contributed by atoms with E-state index >= 15 is 0 Å². The van der Waals surface area contributed by atoms with Gasteiger partial charge in [0.25, 0.3) is 5.95 Å². The first kappa shape index (κ1) is 16.6. The molecule has 2 aromatic heterocycles. The van der Waals surface area contributed by atoms with Crippen LogP contribution in [0.3, 0.4) is 0 Å². The van der Waals surface area contributed by atoms with Crippen LogP contribution in [-0.2, 0) is 4.79 Å². The summed E-state index contributed by atoms with van der Waals surface area (Å²) in [6.07, 6.45) is 0. The van der Waals surface area contributed by atoms with Crippen molar-refractivity contribution >= 4 is 23.1 Å². The number of aromatic nitrogens is 4. The predicted molar refractivity (Wildman–Crippen MR) is 97.4 cm³/mol. The van der Waals surface area contributed by atoms with Gasteiger partial charge in [0.05, 0.1) is 5.69 Å². The number of carbonyl (C=O) groups is 1. The summed E-state index contributed by atoms with van der Waals surface area (Å²) in [4.78, 5) is 20.1. The Morgan fingerprint density at radius 2 is 1.64 bits per heavy atom. The number of anilines is 3. The fraction of sp³-hybridized carbons (Fsp3) is 0.222. The van der Waals surface area contributed by atoms with Crippen molar-refractivity contribution in [1.29, 1.82) is 0 Å².